The number of hydrogen-bond donors (Lipinski definition) is 1. The molecule has 6 heteroatoms. The Morgan fingerprint density at radius 3 is 2.42 bits per heavy atom. The zero-order valence-corrected chi connectivity index (χ0v) is 18.5. The van der Waals surface area contributed by atoms with E-state index in [-0.39, 0.29) is 17.2 Å². The molecule has 156 valence electrons. The van der Waals surface area contributed by atoms with Crippen LogP contribution < -0.4 is 10.9 Å². The van der Waals surface area contributed by atoms with Crippen molar-refractivity contribution in [2.24, 2.45) is 0 Å². The Kier molecular flexibility index (Phi) is 5.91. The van der Waals surface area contributed by atoms with E-state index >= 15 is 0 Å². The average Bonchev–Trinajstić information content (AvgIpc) is 2.71. The van der Waals surface area contributed by atoms with E-state index in [9.17, 15) is 9.59 Å². The number of carbonyl (C=O) groups excluding carboxylic acids is 1. The molecule has 0 aliphatic heterocycles. The first kappa shape index (κ1) is 20.9. The molecule has 1 aromatic heterocycles. The van der Waals surface area contributed by atoms with Crippen LogP contribution in [0.4, 0.5) is 5.69 Å². The van der Waals surface area contributed by atoms with Gasteiger partial charge in [0, 0.05) is 5.69 Å². The van der Waals surface area contributed by atoms with Gasteiger partial charge in [0.1, 0.15) is 0 Å². The maximum absolute atomic E-state index is 13.4. The van der Waals surface area contributed by atoms with Crippen molar-refractivity contribution in [2.75, 3.05) is 11.1 Å². The van der Waals surface area contributed by atoms with Crippen LogP contribution in [0.15, 0.2) is 76.7 Å². The molecular formula is C25H23N3O2S. The summed E-state index contributed by atoms with van der Waals surface area (Å²) < 4.78 is 1.60. The van der Waals surface area contributed by atoms with Crippen LogP contribution in [0.25, 0.3) is 16.6 Å². The summed E-state index contributed by atoms with van der Waals surface area (Å²) in [5, 5.41) is 3.95. The lowest BCUT2D eigenvalue weighted by Crippen LogP contribution is -2.23. The number of fused-ring (bicyclic) bond motifs is 1. The zero-order valence-electron chi connectivity index (χ0n) is 17.7. The number of nitrogens with one attached hydrogen (secondary N) is 1. The van der Waals surface area contributed by atoms with Gasteiger partial charge in [0.05, 0.1) is 22.3 Å². The van der Waals surface area contributed by atoms with Crippen molar-refractivity contribution >= 4 is 34.3 Å². The fraction of sp³-hybridized carbons (Fsp3) is 0.160. The van der Waals surface area contributed by atoms with Crippen molar-refractivity contribution in [1.82, 2.24) is 9.55 Å². The first-order valence-electron chi connectivity index (χ1n) is 10.0. The number of aromatic nitrogens is 2. The summed E-state index contributed by atoms with van der Waals surface area (Å²) in [6.07, 6.45) is 0. The number of hydrogen-bond acceptors (Lipinski definition) is 4. The Morgan fingerprint density at radius 2 is 1.68 bits per heavy atom. The van der Waals surface area contributed by atoms with Crippen molar-refractivity contribution in [1.29, 1.82) is 0 Å². The van der Waals surface area contributed by atoms with E-state index < -0.39 is 0 Å². The van der Waals surface area contributed by atoms with E-state index in [1.54, 1.807) is 10.6 Å². The van der Waals surface area contributed by atoms with Crippen molar-refractivity contribution in [3.8, 4) is 5.69 Å². The van der Waals surface area contributed by atoms with Gasteiger partial charge >= 0.3 is 0 Å². The van der Waals surface area contributed by atoms with Gasteiger partial charge in [-0.05, 0) is 73.9 Å². The molecule has 0 fully saturated rings. The zero-order chi connectivity index (χ0) is 22.0. The molecule has 1 amide bonds. The van der Waals surface area contributed by atoms with Gasteiger partial charge in [-0.1, -0.05) is 42.1 Å². The molecule has 5 nitrogen and oxygen atoms in total. The number of aryl methyl sites for hydroxylation is 3. The topological polar surface area (TPSA) is 64.0 Å². The van der Waals surface area contributed by atoms with Crippen LogP contribution >= 0.6 is 11.8 Å². The van der Waals surface area contributed by atoms with Gasteiger partial charge < -0.3 is 5.32 Å². The number of carbonyl (C=O) groups is 1. The van der Waals surface area contributed by atoms with Gasteiger partial charge in [0.2, 0.25) is 5.91 Å². The van der Waals surface area contributed by atoms with Crippen LogP contribution in [0.3, 0.4) is 0 Å². The third-order valence-corrected chi connectivity index (χ3v) is 5.78. The monoisotopic (exact) mass is 429 g/mol. The Hall–Kier alpha value is -3.38. The third kappa shape index (κ3) is 4.70. The van der Waals surface area contributed by atoms with E-state index in [1.165, 1.54) is 11.8 Å². The normalized spacial score (nSPS) is 10.9. The molecule has 0 atom stereocenters. The Bertz CT molecular complexity index is 1320. The largest absolute Gasteiger partial charge is 0.325 e. The number of anilines is 1. The van der Waals surface area contributed by atoms with Gasteiger partial charge in [-0.2, -0.15) is 0 Å². The van der Waals surface area contributed by atoms with Crippen molar-refractivity contribution in [3.63, 3.8) is 0 Å². The second-order valence-electron chi connectivity index (χ2n) is 7.60. The first-order valence-corrected chi connectivity index (χ1v) is 11.0. The summed E-state index contributed by atoms with van der Waals surface area (Å²) in [6.45, 7) is 5.97. The maximum atomic E-state index is 13.4. The van der Waals surface area contributed by atoms with Crippen molar-refractivity contribution in [2.45, 2.75) is 25.9 Å². The highest BCUT2D eigenvalue weighted by molar-refractivity contribution is 7.99. The molecule has 0 aliphatic rings. The predicted octanol–water partition coefficient (Wildman–Crippen LogP) is 5.04. The van der Waals surface area contributed by atoms with E-state index in [1.807, 2.05) is 75.4 Å². The molecule has 1 heterocycles. The molecule has 0 radical (unpaired) electrons. The molecule has 1 N–H and O–H groups in total. The van der Waals surface area contributed by atoms with E-state index in [0.29, 0.717) is 16.1 Å². The average molecular weight is 430 g/mol. The smallest absolute Gasteiger partial charge is 0.266 e. The molecule has 31 heavy (non-hydrogen) atoms. The predicted molar refractivity (Wildman–Crippen MR) is 127 cm³/mol. The summed E-state index contributed by atoms with van der Waals surface area (Å²) in [6, 6.07) is 20.9. The minimum absolute atomic E-state index is 0.141. The van der Waals surface area contributed by atoms with Gasteiger partial charge in [-0.15, -0.1) is 0 Å². The van der Waals surface area contributed by atoms with Crippen LogP contribution in [0, 0.1) is 20.8 Å². The molecule has 0 aliphatic carbocycles. The fourth-order valence-electron chi connectivity index (χ4n) is 3.57. The van der Waals surface area contributed by atoms with E-state index in [0.717, 1.165) is 28.1 Å². The van der Waals surface area contributed by atoms with E-state index in [4.69, 9.17) is 4.98 Å². The van der Waals surface area contributed by atoms with Crippen LogP contribution in [0.2, 0.25) is 0 Å². The minimum atomic E-state index is -0.148. The molecule has 0 saturated carbocycles. The molecule has 4 aromatic rings. The quantitative estimate of drug-likeness (QED) is 0.356. The van der Waals surface area contributed by atoms with Gasteiger partial charge in [-0.3, -0.25) is 14.2 Å². The highest BCUT2D eigenvalue weighted by atomic mass is 32.2. The molecule has 0 saturated heterocycles. The van der Waals surface area contributed by atoms with Gasteiger partial charge in [0.25, 0.3) is 5.56 Å². The number of benzene rings is 3. The summed E-state index contributed by atoms with van der Waals surface area (Å²) in [7, 11) is 0. The number of para-hydroxylation sites is 1. The standard InChI is InChI=1S/C25H23N3O2S/c1-16-7-6-8-19(12-16)26-23(29)15-31-25-27-22-10-5-4-9-21(22)24(30)28(25)20-13-17(2)11-18(3)14-20/h4-14H,15H2,1-3H3,(H,26,29). The molecule has 4 rings (SSSR count). The molecular weight excluding hydrogens is 406 g/mol. The number of thioether (sulfide) groups is 1. The summed E-state index contributed by atoms with van der Waals surface area (Å²) >= 11 is 1.25. The Labute approximate surface area is 185 Å². The maximum Gasteiger partial charge on any atom is 0.266 e. The van der Waals surface area contributed by atoms with Crippen LogP contribution in [-0.4, -0.2) is 21.2 Å². The number of rotatable bonds is 5. The highest BCUT2D eigenvalue weighted by Crippen LogP contribution is 2.23. The lowest BCUT2D eigenvalue weighted by Gasteiger charge is -2.14. The van der Waals surface area contributed by atoms with Gasteiger partial charge in [-0.25, -0.2) is 4.98 Å². The lowest BCUT2D eigenvalue weighted by atomic mass is 10.1. The van der Waals surface area contributed by atoms with Crippen molar-refractivity contribution < 1.29 is 4.79 Å². The Morgan fingerprint density at radius 1 is 0.935 bits per heavy atom. The highest BCUT2D eigenvalue weighted by Gasteiger charge is 2.15. The van der Waals surface area contributed by atoms with Crippen LogP contribution in [-0.2, 0) is 4.79 Å². The third-order valence-electron chi connectivity index (χ3n) is 4.84. The number of amides is 1. The van der Waals surface area contributed by atoms with Crippen LogP contribution in [0.5, 0.6) is 0 Å². The summed E-state index contributed by atoms with van der Waals surface area (Å²) in [5.74, 6) is -0.00579. The van der Waals surface area contributed by atoms with Gasteiger partial charge in [0.15, 0.2) is 5.16 Å². The van der Waals surface area contributed by atoms with E-state index in [2.05, 4.69) is 11.4 Å². The summed E-state index contributed by atoms with van der Waals surface area (Å²) in [5.41, 5.74) is 5.18. The second-order valence-corrected chi connectivity index (χ2v) is 8.55. The van der Waals surface area contributed by atoms with Crippen molar-refractivity contribution in [3.05, 3.63) is 93.8 Å². The number of nitrogens with zero attached hydrogens (tertiary/aromatic N) is 2. The molecule has 0 bridgehead atoms. The van der Waals surface area contributed by atoms with Crippen LogP contribution in [0.1, 0.15) is 16.7 Å². The fourth-order valence-corrected chi connectivity index (χ4v) is 4.38. The summed E-state index contributed by atoms with van der Waals surface area (Å²) in [4.78, 5) is 30.6. The molecule has 3 aromatic carbocycles. The second kappa shape index (κ2) is 8.78. The Balaban J connectivity index is 1.70. The SMILES string of the molecule is Cc1cccc(NC(=O)CSc2nc3ccccc3c(=O)n2-c2cc(C)cc(C)c2)c1. The molecule has 0 unspecified atom stereocenters. The molecule has 0 spiro atoms. The lowest BCUT2D eigenvalue weighted by molar-refractivity contribution is -0.113. The minimum Gasteiger partial charge on any atom is -0.325 e. The first-order chi connectivity index (χ1) is 14.9.